The van der Waals surface area contributed by atoms with E-state index in [1.807, 2.05) is 12.1 Å². The van der Waals surface area contributed by atoms with Crippen molar-refractivity contribution in [1.29, 1.82) is 0 Å². The lowest BCUT2D eigenvalue weighted by Crippen LogP contribution is -2.33. The number of hydrogen-bond acceptors (Lipinski definition) is 3. The minimum absolute atomic E-state index is 0. The summed E-state index contributed by atoms with van der Waals surface area (Å²) < 4.78 is 5.16. The Labute approximate surface area is 165 Å². The highest BCUT2D eigenvalue weighted by atomic mass is 127. The first-order valence-electron chi connectivity index (χ1n) is 7.97. The number of thiophene rings is 1. The Hall–Kier alpha value is -1.28. The number of methoxy groups -OCH3 is 1. The van der Waals surface area contributed by atoms with Gasteiger partial charge in [-0.3, -0.25) is 4.99 Å². The molecule has 2 rings (SSSR count). The van der Waals surface area contributed by atoms with Crippen LogP contribution >= 0.6 is 35.3 Å². The van der Waals surface area contributed by atoms with Crippen LogP contribution in [0.4, 0.5) is 0 Å². The van der Waals surface area contributed by atoms with Crippen molar-refractivity contribution in [2.24, 2.45) is 10.7 Å². The Morgan fingerprint density at radius 2 is 1.96 bits per heavy atom. The van der Waals surface area contributed by atoms with Gasteiger partial charge in [-0.15, -0.1) is 35.3 Å². The summed E-state index contributed by atoms with van der Waals surface area (Å²) in [5.74, 6) is 1.45. The van der Waals surface area contributed by atoms with Crippen molar-refractivity contribution >= 4 is 41.3 Å². The van der Waals surface area contributed by atoms with Crippen molar-refractivity contribution in [2.75, 3.05) is 20.2 Å². The van der Waals surface area contributed by atoms with E-state index < -0.39 is 0 Å². The maximum absolute atomic E-state index is 5.87. The molecule has 0 atom stereocenters. The maximum atomic E-state index is 5.87. The number of rotatable bonds is 9. The van der Waals surface area contributed by atoms with Crippen molar-refractivity contribution < 1.29 is 4.74 Å². The SMILES string of the molecule is COc1ccc(CCCCN=C(N)NCCc2cccs2)cc1.I. The molecule has 1 aromatic heterocycles. The van der Waals surface area contributed by atoms with E-state index in [4.69, 9.17) is 10.5 Å². The lowest BCUT2D eigenvalue weighted by molar-refractivity contribution is 0.414. The molecule has 0 fully saturated rings. The average molecular weight is 459 g/mol. The van der Waals surface area contributed by atoms with Crippen LogP contribution in [0.2, 0.25) is 0 Å². The fourth-order valence-corrected chi connectivity index (χ4v) is 2.97. The molecule has 2 aromatic rings. The zero-order valence-electron chi connectivity index (χ0n) is 14.0. The molecule has 0 bridgehead atoms. The minimum Gasteiger partial charge on any atom is -0.497 e. The summed E-state index contributed by atoms with van der Waals surface area (Å²) in [7, 11) is 1.69. The van der Waals surface area contributed by atoms with Crippen LogP contribution < -0.4 is 15.8 Å². The van der Waals surface area contributed by atoms with E-state index in [0.717, 1.165) is 44.5 Å². The monoisotopic (exact) mass is 459 g/mol. The summed E-state index contributed by atoms with van der Waals surface area (Å²) in [4.78, 5) is 5.73. The standard InChI is InChI=1S/C18H25N3OS.HI/c1-22-16-9-7-15(8-10-16)5-2-3-12-20-18(19)21-13-11-17-6-4-14-23-17;/h4,6-10,14H,2-3,5,11-13H2,1H3,(H3,19,20,21);1H. The van der Waals surface area contributed by atoms with Gasteiger partial charge in [-0.1, -0.05) is 18.2 Å². The maximum Gasteiger partial charge on any atom is 0.188 e. The number of nitrogens with two attached hydrogens (primary N) is 1. The fourth-order valence-electron chi connectivity index (χ4n) is 2.26. The van der Waals surface area contributed by atoms with Gasteiger partial charge >= 0.3 is 0 Å². The van der Waals surface area contributed by atoms with Crippen LogP contribution in [-0.2, 0) is 12.8 Å². The van der Waals surface area contributed by atoms with Crippen LogP contribution in [0.1, 0.15) is 23.3 Å². The summed E-state index contributed by atoms with van der Waals surface area (Å²) in [6, 6.07) is 12.4. The van der Waals surface area contributed by atoms with E-state index in [2.05, 4.69) is 40.0 Å². The van der Waals surface area contributed by atoms with E-state index in [1.165, 1.54) is 10.4 Å². The van der Waals surface area contributed by atoms with E-state index >= 15 is 0 Å². The van der Waals surface area contributed by atoms with E-state index in [-0.39, 0.29) is 24.0 Å². The van der Waals surface area contributed by atoms with Crippen LogP contribution in [0.15, 0.2) is 46.8 Å². The largest absolute Gasteiger partial charge is 0.497 e. The van der Waals surface area contributed by atoms with Gasteiger partial charge in [0, 0.05) is 18.0 Å². The first-order chi connectivity index (χ1) is 11.3. The molecule has 4 nitrogen and oxygen atoms in total. The third-order valence-electron chi connectivity index (χ3n) is 3.57. The highest BCUT2D eigenvalue weighted by molar-refractivity contribution is 14.0. The first-order valence-corrected chi connectivity index (χ1v) is 8.85. The number of nitrogens with one attached hydrogen (secondary N) is 1. The number of ether oxygens (including phenoxy) is 1. The van der Waals surface area contributed by atoms with Crippen molar-refractivity contribution in [2.45, 2.75) is 25.7 Å². The summed E-state index contributed by atoms with van der Waals surface area (Å²) in [6.07, 6.45) is 4.20. The van der Waals surface area contributed by atoms with Gasteiger partial charge in [0.25, 0.3) is 0 Å². The summed E-state index contributed by atoms with van der Waals surface area (Å²) in [6.45, 7) is 1.61. The molecule has 0 amide bonds. The number of nitrogens with zero attached hydrogens (tertiary/aromatic N) is 1. The molecule has 0 radical (unpaired) electrons. The molecule has 0 saturated carbocycles. The molecule has 0 saturated heterocycles. The van der Waals surface area contributed by atoms with Gasteiger partial charge in [0.1, 0.15) is 5.75 Å². The van der Waals surface area contributed by atoms with E-state index in [1.54, 1.807) is 18.4 Å². The Morgan fingerprint density at radius 1 is 1.17 bits per heavy atom. The van der Waals surface area contributed by atoms with Crippen LogP contribution in [0.3, 0.4) is 0 Å². The molecular weight excluding hydrogens is 433 g/mol. The van der Waals surface area contributed by atoms with Gasteiger partial charge in [0.2, 0.25) is 0 Å². The van der Waals surface area contributed by atoms with E-state index in [9.17, 15) is 0 Å². The number of halogens is 1. The highest BCUT2D eigenvalue weighted by Gasteiger charge is 1.97. The van der Waals surface area contributed by atoms with Crippen molar-refractivity contribution in [3.63, 3.8) is 0 Å². The van der Waals surface area contributed by atoms with Crippen LogP contribution in [0.25, 0.3) is 0 Å². The number of benzene rings is 1. The van der Waals surface area contributed by atoms with Crippen molar-refractivity contribution in [1.82, 2.24) is 5.32 Å². The number of unbranched alkanes of at least 4 members (excludes halogenated alkanes) is 1. The molecule has 132 valence electrons. The second kappa shape index (κ2) is 12.1. The smallest absolute Gasteiger partial charge is 0.188 e. The summed E-state index contributed by atoms with van der Waals surface area (Å²) in [5, 5.41) is 5.26. The van der Waals surface area contributed by atoms with Crippen LogP contribution in [-0.4, -0.2) is 26.2 Å². The Bertz CT molecular complexity index is 585. The molecule has 0 aliphatic carbocycles. The Morgan fingerprint density at radius 3 is 2.62 bits per heavy atom. The molecule has 1 aromatic carbocycles. The van der Waals surface area contributed by atoms with Crippen LogP contribution in [0, 0.1) is 0 Å². The van der Waals surface area contributed by atoms with Gasteiger partial charge in [-0.25, -0.2) is 0 Å². The number of hydrogen-bond donors (Lipinski definition) is 2. The number of aryl methyl sites for hydroxylation is 1. The van der Waals surface area contributed by atoms with Gasteiger partial charge < -0.3 is 15.8 Å². The molecule has 0 spiro atoms. The first kappa shape index (κ1) is 20.8. The van der Waals surface area contributed by atoms with Gasteiger partial charge in [-0.05, 0) is 54.8 Å². The summed E-state index contributed by atoms with van der Waals surface area (Å²) >= 11 is 1.77. The molecule has 0 unspecified atom stereocenters. The quantitative estimate of drug-likeness (QED) is 0.259. The van der Waals surface area contributed by atoms with Gasteiger partial charge in [0.05, 0.1) is 7.11 Å². The zero-order valence-corrected chi connectivity index (χ0v) is 17.2. The second-order valence-corrected chi connectivity index (χ2v) is 6.36. The van der Waals surface area contributed by atoms with Crippen molar-refractivity contribution in [3.8, 4) is 5.75 Å². The van der Waals surface area contributed by atoms with Gasteiger partial charge in [0.15, 0.2) is 5.96 Å². The topological polar surface area (TPSA) is 59.6 Å². The lowest BCUT2D eigenvalue weighted by Gasteiger charge is -2.05. The number of guanidine groups is 1. The summed E-state index contributed by atoms with van der Waals surface area (Å²) in [5.41, 5.74) is 7.20. The molecule has 1 heterocycles. The third-order valence-corrected chi connectivity index (χ3v) is 4.51. The molecule has 0 aliphatic rings. The minimum atomic E-state index is 0. The molecule has 0 aliphatic heterocycles. The fraction of sp³-hybridized carbons (Fsp3) is 0.389. The third kappa shape index (κ3) is 8.01. The number of aliphatic imine (C=N–C) groups is 1. The zero-order chi connectivity index (χ0) is 16.3. The average Bonchev–Trinajstić information content (AvgIpc) is 3.08. The van der Waals surface area contributed by atoms with Crippen molar-refractivity contribution in [3.05, 3.63) is 52.2 Å². The highest BCUT2D eigenvalue weighted by Crippen LogP contribution is 2.13. The predicted octanol–water partition coefficient (Wildman–Crippen LogP) is 3.84. The normalized spacial score (nSPS) is 11.0. The second-order valence-electron chi connectivity index (χ2n) is 5.33. The van der Waals surface area contributed by atoms with E-state index in [0.29, 0.717) is 5.96 Å². The molecule has 3 N–H and O–H groups in total. The molecular formula is C18H26IN3OS. The predicted molar refractivity (Wildman–Crippen MR) is 114 cm³/mol. The Kier molecular flexibility index (Phi) is 10.5. The lowest BCUT2D eigenvalue weighted by atomic mass is 10.1. The Balaban J connectivity index is 0.00000288. The van der Waals surface area contributed by atoms with Gasteiger partial charge in [-0.2, -0.15) is 0 Å². The van der Waals surface area contributed by atoms with Crippen LogP contribution in [0.5, 0.6) is 5.75 Å². The molecule has 24 heavy (non-hydrogen) atoms. The molecule has 6 heteroatoms.